The van der Waals surface area contributed by atoms with Crippen LogP contribution < -0.4 is 5.32 Å². The van der Waals surface area contributed by atoms with Crippen molar-refractivity contribution >= 4 is 5.95 Å². The fourth-order valence-corrected chi connectivity index (χ4v) is 1.54. The number of hydrogen-bond acceptors (Lipinski definition) is 3. The maximum Gasteiger partial charge on any atom is 0.223 e. The van der Waals surface area contributed by atoms with E-state index in [2.05, 4.69) is 15.3 Å². The average molecular weight is 235 g/mol. The standard InChI is InChI=1S/C12H11F2N3/c1-7-8(4-3-5-9(7)13)11-10(14)6-16-12(15-2)17-11/h3-6H,1-2H3,(H,15,16,17). The van der Waals surface area contributed by atoms with Gasteiger partial charge in [0.15, 0.2) is 5.82 Å². The fourth-order valence-electron chi connectivity index (χ4n) is 1.54. The molecule has 0 atom stereocenters. The average Bonchev–Trinajstić information content (AvgIpc) is 2.34. The quantitative estimate of drug-likeness (QED) is 0.869. The van der Waals surface area contributed by atoms with Crippen LogP contribution in [0.2, 0.25) is 0 Å². The van der Waals surface area contributed by atoms with E-state index < -0.39 is 5.82 Å². The first-order chi connectivity index (χ1) is 8.13. The van der Waals surface area contributed by atoms with Gasteiger partial charge >= 0.3 is 0 Å². The molecule has 0 aliphatic carbocycles. The minimum absolute atomic E-state index is 0.0985. The fraction of sp³-hybridized carbons (Fsp3) is 0.167. The molecule has 0 aliphatic rings. The highest BCUT2D eigenvalue weighted by Crippen LogP contribution is 2.25. The number of aromatic nitrogens is 2. The summed E-state index contributed by atoms with van der Waals surface area (Å²) in [6.45, 7) is 1.59. The third-order valence-corrected chi connectivity index (χ3v) is 2.49. The van der Waals surface area contributed by atoms with Crippen LogP contribution >= 0.6 is 0 Å². The van der Waals surface area contributed by atoms with Gasteiger partial charge in [-0.05, 0) is 18.6 Å². The number of anilines is 1. The molecule has 0 saturated carbocycles. The van der Waals surface area contributed by atoms with E-state index in [9.17, 15) is 8.78 Å². The number of benzene rings is 1. The Labute approximate surface area is 97.5 Å². The van der Waals surface area contributed by atoms with Gasteiger partial charge in [-0.1, -0.05) is 12.1 Å². The Morgan fingerprint density at radius 3 is 2.65 bits per heavy atom. The lowest BCUT2D eigenvalue weighted by Gasteiger charge is -2.08. The van der Waals surface area contributed by atoms with Crippen molar-refractivity contribution < 1.29 is 8.78 Å². The summed E-state index contributed by atoms with van der Waals surface area (Å²) in [5.74, 6) is -0.658. The molecule has 1 aromatic carbocycles. The Morgan fingerprint density at radius 2 is 1.94 bits per heavy atom. The van der Waals surface area contributed by atoms with Crippen LogP contribution in [-0.4, -0.2) is 17.0 Å². The van der Waals surface area contributed by atoms with Crippen molar-refractivity contribution in [1.82, 2.24) is 9.97 Å². The lowest BCUT2D eigenvalue weighted by atomic mass is 10.0. The summed E-state index contributed by atoms with van der Waals surface area (Å²) in [6.07, 6.45) is 1.07. The second kappa shape index (κ2) is 4.45. The lowest BCUT2D eigenvalue weighted by Crippen LogP contribution is -2.01. The zero-order chi connectivity index (χ0) is 12.4. The molecule has 88 valence electrons. The third kappa shape index (κ3) is 2.08. The molecule has 0 radical (unpaired) electrons. The van der Waals surface area contributed by atoms with Gasteiger partial charge in [0.1, 0.15) is 11.5 Å². The summed E-state index contributed by atoms with van der Waals surface area (Å²) >= 11 is 0. The van der Waals surface area contributed by atoms with Crippen LogP contribution in [-0.2, 0) is 0 Å². The van der Waals surface area contributed by atoms with Gasteiger partial charge in [-0.3, -0.25) is 0 Å². The Morgan fingerprint density at radius 1 is 1.18 bits per heavy atom. The van der Waals surface area contributed by atoms with Gasteiger partial charge < -0.3 is 5.32 Å². The van der Waals surface area contributed by atoms with Crippen LogP contribution in [0.1, 0.15) is 5.56 Å². The molecule has 0 amide bonds. The lowest BCUT2D eigenvalue weighted by molar-refractivity contribution is 0.612. The molecular weight excluding hydrogens is 224 g/mol. The van der Waals surface area contributed by atoms with Crippen molar-refractivity contribution in [3.63, 3.8) is 0 Å². The summed E-state index contributed by atoms with van der Waals surface area (Å²) in [6, 6.07) is 4.48. The number of nitrogens with zero attached hydrogens (tertiary/aromatic N) is 2. The molecule has 2 aromatic rings. The molecule has 0 fully saturated rings. The molecular formula is C12H11F2N3. The molecule has 0 aliphatic heterocycles. The first-order valence-corrected chi connectivity index (χ1v) is 5.09. The van der Waals surface area contributed by atoms with E-state index in [0.717, 1.165) is 6.20 Å². The maximum atomic E-state index is 13.6. The van der Waals surface area contributed by atoms with Gasteiger partial charge in [0.2, 0.25) is 5.95 Å². The van der Waals surface area contributed by atoms with Crippen molar-refractivity contribution in [1.29, 1.82) is 0 Å². The van der Waals surface area contributed by atoms with E-state index in [-0.39, 0.29) is 11.5 Å². The summed E-state index contributed by atoms with van der Waals surface area (Å²) in [4.78, 5) is 7.74. The molecule has 17 heavy (non-hydrogen) atoms. The molecule has 1 N–H and O–H groups in total. The van der Waals surface area contributed by atoms with Gasteiger partial charge in [-0.25, -0.2) is 18.7 Å². The van der Waals surface area contributed by atoms with E-state index in [0.29, 0.717) is 17.1 Å². The summed E-state index contributed by atoms with van der Waals surface area (Å²) in [5.41, 5.74) is 0.898. The minimum Gasteiger partial charge on any atom is -0.357 e. The molecule has 5 heteroatoms. The molecule has 0 unspecified atom stereocenters. The molecule has 2 rings (SSSR count). The highest BCUT2D eigenvalue weighted by atomic mass is 19.1. The van der Waals surface area contributed by atoms with Gasteiger partial charge in [-0.15, -0.1) is 0 Å². The Hall–Kier alpha value is -2.04. The van der Waals surface area contributed by atoms with Crippen molar-refractivity contribution in [2.45, 2.75) is 6.92 Å². The van der Waals surface area contributed by atoms with Gasteiger partial charge in [-0.2, -0.15) is 0 Å². The largest absolute Gasteiger partial charge is 0.357 e. The highest BCUT2D eigenvalue weighted by Gasteiger charge is 2.13. The summed E-state index contributed by atoms with van der Waals surface area (Å²) in [7, 11) is 1.63. The molecule has 0 saturated heterocycles. The van der Waals surface area contributed by atoms with Crippen molar-refractivity contribution in [2.24, 2.45) is 0 Å². The number of halogens is 2. The SMILES string of the molecule is CNc1ncc(F)c(-c2cccc(F)c2C)n1. The van der Waals surface area contributed by atoms with Crippen LogP contribution in [0.3, 0.4) is 0 Å². The topological polar surface area (TPSA) is 37.8 Å². The van der Waals surface area contributed by atoms with E-state index in [1.54, 1.807) is 20.0 Å². The van der Waals surface area contributed by atoms with Crippen LogP contribution in [0.25, 0.3) is 11.3 Å². The zero-order valence-electron chi connectivity index (χ0n) is 9.46. The Balaban J connectivity index is 2.63. The zero-order valence-corrected chi connectivity index (χ0v) is 9.46. The van der Waals surface area contributed by atoms with Crippen molar-refractivity contribution in [3.8, 4) is 11.3 Å². The highest BCUT2D eigenvalue weighted by molar-refractivity contribution is 5.64. The smallest absolute Gasteiger partial charge is 0.223 e. The number of hydrogen-bond donors (Lipinski definition) is 1. The summed E-state index contributed by atoms with van der Waals surface area (Å²) in [5, 5.41) is 2.72. The predicted octanol–water partition coefficient (Wildman–Crippen LogP) is 2.77. The molecule has 1 aromatic heterocycles. The van der Waals surface area contributed by atoms with Gasteiger partial charge in [0.25, 0.3) is 0 Å². The Kier molecular flexibility index (Phi) is 2.99. The second-order valence-corrected chi connectivity index (χ2v) is 3.55. The van der Waals surface area contributed by atoms with E-state index in [1.807, 2.05) is 0 Å². The second-order valence-electron chi connectivity index (χ2n) is 3.55. The normalized spacial score (nSPS) is 10.4. The molecule has 0 bridgehead atoms. The first-order valence-electron chi connectivity index (χ1n) is 5.09. The van der Waals surface area contributed by atoms with Gasteiger partial charge in [0.05, 0.1) is 6.20 Å². The predicted molar refractivity (Wildman–Crippen MR) is 61.7 cm³/mol. The van der Waals surface area contributed by atoms with Crippen LogP contribution in [0.5, 0.6) is 0 Å². The third-order valence-electron chi connectivity index (χ3n) is 2.49. The summed E-state index contributed by atoms with van der Waals surface area (Å²) < 4.78 is 27.0. The van der Waals surface area contributed by atoms with Crippen molar-refractivity contribution in [2.75, 3.05) is 12.4 Å². The molecule has 1 heterocycles. The molecule has 3 nitrogen and oxygen atoms in total. The number of nitrogens with one attached hydrogen (secondary N) is 1. The van der Waals surface area contributed by atoms with Gasteiger partial charge in [0, 0.05) is 12.6 Å². The van der Waals surface area contributed by atoms with E-state index >= 15 is 0 Å². The first kappa shape index (κ1) is 11.4. The van der Waals surface area contributed by atoms with Crippen LogP contribution in [0.4, 0.5) is 14.7 Å². The van der Waals surface area contributed by atoms with Crippen molar-refractivity contribution in [3.05, 3.63) is 41.6 Å². The Bertz CT molecular complexity index is 555. The molecule has 0 spiro atoms. The van der Waals surface area contributed by atoms with Crippen LogP contribution in [0, 0.1) is 18.6 Å². The maximum absolute atomic E-state index is 13.6. The minimum atomic E-state index is -0.572. The van der Waals surface area contributed by atoms with E-state index in [4.69, 9.17) is 0 Å². The van der Waals surface area contributed by atoms with E-state index in [1.165, 1.54) is 12.1 Å². The van der Waals surface area contributed by atoms with Crippen LogP contribution in [0.15, 0.2) is 24.4 Å². The monoisotopic (exact) mass is 235 g/mol. The number of rotatable bonds is 2.